The molecule has 2 heteroatoms. The summed E-state index contributed by atoms with van der Waals surface area (Å²) in [7, 11) is 2.01. The summed E-state index contributed by atoms with van der Waals surface area (Å²) < 4.78 is 0. The smallest absolute Gasteiger partial charge is 0.0237 e. The average Bonchev–Trinajstić information content (AvgIpc) is 2.61. The first-order chi connectivity index (χ1) is 8.11. The lowest BCUT2D eigenvalue weighted by Gasteiger charge is -2.21. The van der Waals surface area contributed by atoms with E-state index in [-0.39, 0.29) is 0 Å². The molecule has 0 bridgehead atoms. The molecule has 1 aliphatic rings. The van der Waals surface area contributed by atoms with Crippen LogP contribution in [0.25, 0.3) is 0 Å². The van der Waals surface area contributed by atoms with Crippen LogP contribution in [0.5, 0.6) is 0 Å². The zero-order chi connectivity index (χ0) is 12.3. The van der Waals surface area contributed by atoms with Crippen LogP contribution in [-0.4, -0.2) is 25.0 Å². The molecular formula is C15H24N2. The zero-order valence-electron chi connectivity index (χ0n) is 11.3. The molecule has 0 aliphatic carbocycles. The monoisotopic (exact) mass is 232 g/mol. The number of benzene rings is 1. The first-order valence-corrected chi connectivity index (χ1v) is 6.54. The molecule has 1 fully saturated rings. The lowest BCUT2D eigenvalue weighted by Crippen LogP contribution is -2.23. The van der Waals surface area contributed by atoms with Crippen LogP contribution < -0.4 is 5.32 Å². The second-order valence-corrected chi connectivity index (χ2v) is 5.92. The summed E-state index contributed by atoms with van der Waals surface area (Å²) in [6.45, 7) is 9.26. The maximum Gasteiger partial charge on any atom is 0.0237 e. The average molecular weight is 232 g/mol. The van der Waals surface area contributed by atoms with Gasteiger partial charge in [-0.1, -0.05) is 38.1 Å². The molecule has 0 spiro atoms. The molecule has 0 aromatic heterocycles. The molecule has 1 aromatic rings. The van der Waals surface area contributed by atoms with Crippen LogP contribution in [0.3, 0.4) is 0 Å². The van der Waals surface area contributed by atoms with Crippen LogP contribution in [0, 0.1) is 5.41 Å². The predicted octanol–water partition coefficient (Wildman–Crippen LogP) is 2.64. The van der Waals surface area contributed by atoms with Gasteiger partial charge in [-0.3, -0.25) is 4.90 Å². The van der Waals surface area contributed by atoms with Crippen LogP contribution in [0.1, 0.15) is 31.4 Å². The van der Waals surface area contributed by atoms with Gasteiger partial charge in [0.05, 0.1) is 0 Å². The van der Waals surface area contributed by atoms with E-state index >= 15 is 0 Å². The molecule has 1 aromatic carbocycles. The third-order valence-electron chi connectivity index (χ3n) is 3.64. The minimum atomic E-state index is 0.498. The molecule has 1 heterocycles. The summed E-state index contributed by atoms with van der Waals surface area (Å²) in [6, 6.07) is 8.77. The highest BCUT2D eigenvalue weighted by atomic mass is 15.1. The van der Waals surface area contributed by atoms with E-state index in [1.807, 2.05) is 7.05 Å². The third-order valence-corrected chi connectivity index (χ3v) is 3.64. The Labute approximate surface area is 105 Å². The lowest BCUT2D eigenvalue weighted by molar-refractivity contribution is 0.283. The van der Waals surface area contributed by atoms with E-state index in [0.29, 0.717) is 5.41 Å². The number of nitrogens with zero attached hydrogens (tertiary/aromatic N) is 1. The van der Waals surface area contributed by atoms with E-state index < -0.39 is 0 Å². The quantitative estimate of drug-likeness (QED) is 0.858. The highest BCUT2D eigenvalue weighted by Gasteiger charge is 2.29. The van der Waals surface area contributed by atoms with Crippen molar-refractivity contribution in [2.75, 3.05) is 20.1 Å². The normalized spacial score (nSPS) is 19.7. The first kappa shape index (κ1) is 12.6. The minimum absolute atomic E-state index is 0.498. The van der Waals surface area contributed by atoms with Gasteiger partial charge in [0.1, 0.15) is 0 Å². The number of likely N-dealkylation sites (tertiary alicyclic amines) is 1. The molecule has 1 saturated heterocycles. The van der Waals surface area contributed by atoms with Crippen molar-refractivity contribution >= 4 is 0 Å². The molecule has 1 aliphatic heterocycles. The standard InChI is InChI=1S/C15H24N2/c1-15(2)8-9-17(12-15)11-14-7-5-4-6-13(14)10-16-3/h4-7,16H,8-12H2,1-3H3. The van der Waals surface area contributed by atoms with Crippen molar-refractivity contribution in [3.63, 3.8) is 0 Å². The Morgan fingerprint density at radius 3 is 2.53 bits per heavy atom. The summed E-state index contributed by atoms with van der Waals surface area (Å²) >= 11 is 0. The van der Waals surface area contributed by atoms with Gasteiger partial charge in [-0.15, -0.1) is 0 Å². The fourth-order valence-corrected chi connectivity index (χ4v) is 2.67. The van der Waals surface area contributed by atoms with Crippen LogP contribution in [-0.2, 0) is 13.1 Å². The maximum absolute atomic E-state index is 3.25. The number of rotatable bonds is 4. The van der Waals surface area contributed by atoms with Crippen LogP contribution in [0.4, 0.5) is 0 Å². The van der Waals surface area contributed by atoms with Crippen LogP contribution >= 0.6 is 0 Å². The third kappa shape index (κ3) is 3.30. The van der Waals surface area contributed by atoms with E-state index in [4.69, 9.17) is 0 Å². The van der Waals surface area contributed by atoms with Gasteiger partial charge in [0, 0.05) is 19.6 Å². The predicted molar refractivity (Wildman–Crippen MR) is 72.9 cm³/mol. The zero-order valence-corrected chi connectivity index (χ0v) is 11.3. The van der Waals surface area contributed by atoms with Gasteiger partial charge >= 0.3 is 0 Å². The SMILES string of the molecule is CNCc1ccccc1CN1CCC(C)(C)C1. The molecule has 0 amide bonds. The summed E-state index contributed by atoms with van der Waals surface area (Å²) in [6.07, 6.45) is 1.32. The molecule has 0 unspecified atom stereocenters. The Bertz CT molecular complexity index is 371. The Hall–Kier alpha value is -0.860. The van der Waals surface area contributed by atoms with Gasteiger partial charge in [-0.05, 0) is 36.6 Å². The van der Waals surface area contributed by atoms with Crippen molar-refractivity contribution in [2.24, 2.45) is 5.41 Å². The molecule has 2 rings (SSSR count). The summed E-state index contributed by atoms with van der Waals surface area (Å²) in [5, 5.41) is 3.25. The van der Waals surface area contributed by atoms with Gasteiger partial charge in [-0.25, -0.2) is 0 Å². The summed E-state index contributed by atoms with van der Waals surface area (Å²) in [5.74, 6) is 0. The fourth-order valence-electron chi connectivity index (χ4n) is 2.67. The number of hydrogen-bond acceptors (Lipinski definition) is 2. The second-order valence-electron chi connectivity index (χ2n) is 5.92. The number of nitrogens with one attached hydrogen (secondary N) is 1. The van der Waals surface area contributed by atoms with Crippen molar-refractivity contribution in [1.29, 1.82) is 0 Å². The highest BCUT2D eigenvalue weighted by molar-refractivity contribution is 5.27. The van der Waals surface area contributed by atoms with E-state index in [1.165, 1.54) is 30.6 Å². The van der Waals surface area contributed by atoms with Gasteiger partial charge < -0.3 is 5.32 Å². The topological polar surface area (TPSA) is 15.3 Å². The summed E-state index contributed by atoms with van der Waals surface area (Å²) in [4.78, 5) is 2.58. The van der Waals surface area contributed by atoms with Gasteiger partial charge in [0.15, 0.2) is 0 Å². The van der Waals surface area contributed by atoms with E-state index in [0.717, 1.165) is 13.1 Å². The minimum Gasteiger partial charge on any atom is -0.316 e. The molecule has 0 atom stereocenters. The van der Waals surface area contributed by atoms with Crippen LogP contribution in [0.15, 0.2) is 24.3 Å². The fraction of sp³-hybridized carbons (Fsp3) is 0.600. The van der Waals surface area contributed by atoms with Crippen molar-refractivity contribution in [2.45, 2.75) is 33.4 Å². The Morgan fingerprint density at radius 2 is 1.94 bits per heavy atom. The molecule has 94 valence electrons. The largest absolute Gasteiger partial charge is 0.316 e. The maximum atomic E-state index is 3.25. The van der Waals surface area contributed by atoms with Crippen molar-refractivity contribution in [3.8, 4) is 0 Å². The van der Waals surface area contributed by atoms with Gasteiger partial charge in [-0.2, -0.15) is 0 Å². The van der Waals surface area contributed by atoms with Crippen molar-refractivity contribution in [3.05, 3.63) is 35.4 Å². The molecule has 17 heavy (non-hydrogen) atoms. The van der Waals surface area contributed by atoms with E-state index in [2.05, 4.69) is 48.3 Å². The van der Waals surface area contributed by atoms with Crippen molar-refractivity contribution in [1.82, 2.24) is 10.2 Å². The summed E-state index contributed by atoms with van der Waals surface area (Å²) in [5.41, 5.74) is 3.40. The van der Waals surface area contributed by atoms with Crippen molar-refractivity contribution < 1.29 is 0 Å². The van der Waals surface area contributed by atoms with Gasteiger partial charge in [0.25, 0.3) is 0 Å². The molecular weight excluding hydrogens is 208 g/mol. The number of hydrogen-bond donors (Lipinski definition) is 1. The molecule has 1 N–H and O–H groups in total. The van der Waals surface area contributed by atoms with Gasteiger partial charge in [0.2, 0.25) is 0 Å². The first-order valence-electron chi connectivity index (χ1n) is 6.54. The van der Waals surface area contributed by atoms with E-state index in [1.54, 1.807) is 0 Å². The van der Waals surface area contributed by atoms with E-state index in [9.17, 15) is 0 Å². The highest BCUT2D eigenvalue weighted by Crippen LogP contribution is 2.30. The molecule has 2 nitrogen and oxygen atoms in total. The van der Waals surface area contributed by atoms with Crippen LogP contribution in [0.2, 0.25) is 0 Å². The molecule has 0 radical (unpaired) electrons. The Kier molecular flexibility index (Phi) is 3.85. The molecule has 0 saturated carbocycles. The second kappa shape index (κ2) is 5.19. The Morgan fingerprint density at radius 1 is 1.24 bits per heavy atom. The Balaban J connectivity index is 2.03. The lowest BCUT2D eigenvalue weighted by atomic mass is 9.93.